The molecule has 9 heteroatoms. The maximum Gasteiger partial charge on any atom is 0.243 e. The molecule has 1 aromatic heterocycles. The zero-order valence-corrected chi connectivity index (χ0v) is 19.5. The zero-order chi connectivity index (χ0) is 23.3. The van der Waals surface area contributed by atoms with Gasteiger partial charge in [-0.3, -0.25) is 14.7 Å². The lowest BCUT2D eigenvalue weighted by atomic mass is 9.90. The standard InChI is InChI=1S/C24H31FN4O3S/c25-20-6-5-7-21(16-20)33(31,32)29-15-10-22-23(18-29)28(17-19-8-12-26-13-9-19)14-4-2-1-3-11-27-24(22)30/h5-9,12-13,16,22-23H,1-4,10-11,14-15,17-18H2,(H,27,30)/t22-,23+/m0/s1. The second-order valence-corrected chi connectivity index (χ2v) is 10.8. The zero-order valence-electron chi connectivity index (χ0n) is 18.7. The third kappa shape index (κ3) is 5.77. The van der Waals surface area contributed by atoms with Gasteiger partial charge in [-0.15, -0.1) is 0 Å². The number of halogens is 1. The average molecular weight is 475 g/mol. The van der Waals surface area contributed by atoms with E-state index in [1.807, 2.05) is 12.1 Å². The smallest absolute Gasteiger partial charge is 0.243 e. The molecule has 2 aliphatic heterocycles. The van der Waals surface area contributed by atoms with E-state index in [9.17, 15) is 17.6 Å². The van der Waals surface area contributed by atoms with E-state index in [1.165, 1.54) is 22.5 Å². The van der Waals surface area contributed by atoms with E-state index in [2.05, 4.69) is 15.2 Å². The molecule has 1 amide bonds. The van der Waals surface area contributed by atoms with Crippen LogP contribution in [0.5, 0.6) is 0 Å². The highest BCUT2D eigenvalue weighted by molar-refractivity contribution is 7.89. The van der Waals surface area contributed by atoms with E-state index in [-0.39, 0.29) is 35.9 Å². The fraction of sp³-hybridized carbons (Fsp3) is 0.500. The van der Waals surface area contributed by atoms with Crippen molar-refractivity contribution in [1.82, 2.24) is 19.5 Å². The fourth-order valence-electron chi connectivity index (χ4n) is 4.79. The van der Waals surface area contributed by atoms with Gasteiger partial charge in [0, 0.05) is 44.6 Å². The number of nitrogens with zero attached hydrogens (tertiary/aromatic N) is 3. The Balaban J connectivity index is 1.64. The van der Waals surface area contributed by atoms with Crippen LogP contribution in [-0.2, 0) is 21.4 Å². The SMILES string of the molecule is O=C1NCCCCCCN(Cc2ccncc2)[C@@H]2CN(S(=O)(=O)c3cccc(F)c3)CC[C@H]12. The normalized spacial score (nSPS) is 23.8. The minimum Gasteiger partial charge on any atom is -0.356 e. The largest absolute Gasteiger partial charge is 0.356 e. The molecule has 1 aromatic carbocycles. The van der Waals surface area contributed by atoms with Gasteiger partial charge in [0.25, 0.3) is 0 Å². The number of rotatable bonds is 4. The fourth-order valence-corrected chi connectivity index (χ4v) is 6.30. The first kappa shape index (κ1) is 23.8. The van der Waals surface area contributed by atoms with Crippen LogP contribution < -0.4 is 5.32 Å². The van der Waals surface area contributed by atoms with Gasteiger partial charge in [0.15, 0.2) is 0 Å². The van der Waals surface area contributed by atoms with Gasteiger partial charge in [0.05, 0.1) is 10.8 Å². The van der Waals surface area contributed by atoms with E-state index < -0.39 is 15.8 Å². The molecule has 0 radical (unpaired) electrons. The Hall–Kier alpha value is -2.36. The molecular formula is C24H31FN4O3S. The number of piperidine rings is 1. The van der Waals surface area contributed by atoms with Gasteiger partial charge in [-0.25, -0.2) is 12.8 Å². The van der Waals surface area contributed by atoms with Gasteiger partial charge in [-0.1, -0.05) is 18.9 Å². The first-order valence-electron chi connectivity index (χ1n) is 11.6. The Morgan fingerprint density at radius 3 is 2.64 bits per heavy atom. The van der Waals surface area contributed by atoms with Gasteiger partial charge in [0.1, 0.15) is 5.82 Å². The van der Waals surface area contributed by atoms with Crippen LogP contribution >= 0.6 is 0 Å². The summed E-state index contributed by atoms with van der Waals surface area (Å²) < 4.78 is 41.8. The lowest BCUT2D eigenvalue weighted by Gasteiger charge is -2.43. The number of nitrogens with one attached hydrogen (secondary N) is 1. The minimum atomic E-state index is -3.87. The summed E-state index contributed by atoms with van der Waals surface area (Å²) in [5.41, 5.74) is 1.07. The number of hydrogen-bond donors (Lipinski definition) is 1. The molecule has 0 unspecified atom stereocenters. The summed E-state index contributed by atoms with van der Waals surface area (Å²) in [6, 6.07) is 8.74. The van der Waals surface area contributed by atoms with Crippen LogP contribution in [0.2, 0.25) is 0 Å². The predicted molar refractivity (Wildman–Crippen MR) is 123 cm³/mol. The van der Waals surface area contributed by atoms with Crippen molar-refractivity contribution in [2.45, 2.75) is 49.6 Å². The van der Waals surface area contributed by atoms with Gasteiger partial charge in [-0.2, -0.15) is 4.31 Å². The third-order valence-corrected chi connectivity index (χ3v) is 8.45. The highest BCUT2D eigenvalue weighted by Gasteiger charge is 2.41. The summed E-state index contributed by atoms with van der Waals surface area (Å²) in [6.07, 6.45) is 7.97. The molecule has 0 spiro atoms. The van der Waals surface area contributed by atoms with Crippen molar-refractivity contribution in [1.29, 1.82) is 0 Å². The number of carbonyl (C=O) groups excluding carboxylic acids is 1. The van der Waals surface area contributed by atoms with Gasteiger partial charge < -0.3 is 5.32 Å². The Labute approximate surface area is 195 Å². The highest BCUT2D eigenvalue weighted by atomic mass is 32.2. The third-order valence-electron chi connectivity index (χ3n) is 6.59. The van der Waals surface area contributed by atoms with Gasteiger partial charge in [-0.05, 0) is 61.7 Å². The lowest BCUT2D eigenvalue weighted by Crippen LogP contribution is -2.57. The maximum atomic E-state index is 13.8. The second kappa shape index (κ2) is 10.7. The molecule has 2 fully saturated rings. The van der Waals surface area contributed by atoms with Crippen LogP contribution in [0.25, 0.3) is 0 Å². The summed E-state index contributed by atoms with van der Waals surface area (Å²) in [5.74, 6) is -0.895. The molecular weight excluding hydrogens is 443 g/mol. The van der Waals surface area contributed by atoms with Gasteiger partial charge in [0.2, 0.25) is 15.9 Å². The molecule has 33 heavy (non-hydrogen) atoms. The topological polar surface area (TPSA) is 82.6 Å². The number of amides is 1. The maximum absolute atomic E-state index is 13.8. The van der Waals surface area contributed by atoms with E-state index in [0.717, 1.165) is 43.9 Å². The number of hydrogen-bond acceptors (Lipinski definition) is 5. The Morgan fingerprint density at radius 2 is 1.85 bits per heavy atom. The van der Waals surface area contributed by atoms with Crippen molar-refractivity contribution in [3.8, 4) is 0 Å². The summed E-state index contributed by atoms with van der Waals surface area (Å²) in [6.45, 7) is 2.48. The molecule has 178 valence electrons. The van der Waals surface area contributed by atoms with E-state index in [0.29, 0.717) is 19.5 Å². The Kier molecular flexibility index (Phi) is 7.72. The van der Waals surface area contributed by atoms with Crippen LogP contribution in [0.3, 0.4) is 0 Å². The molecule has 0 bridgehead atoms. The summed E-state index contributed by atoms with van der Waals surface area (Å²) in [5, 5.41) is 3.06. The molecule has 0 aliphatic carbocycles. The molecule has 2 aliphatic rings. The van der Waals surface area contributed by atoms with E-state index in [4.69, 9.17) is 0 Å². The van der Waals surface area contributed by atoms with E-state index >= 15 is 0 Å². The average Bonchev–Trinajstić information content (AvgIpc) is 2.85. The van der Waals surface area contributed by atoms with Gasteiger partial charge >= 0.3 is 0 Å². The molecule has 2 saturated heterocycles. The van der Waals surface area contributed by atoms with Crippen LogP contribution in [0.15, 0.2) is 53.7 Å². The summed E-state index contributed by atoms with van der Waals surface area (Å²) in [7, 11) is -3.87. The number of sulfonamides is 1. The van der Waals surface area contributed by atoms with Crippen molar-refractivity contribution in [3.05, 3.63) is 60.2 Å². The first-order chi connectivity index (χ1) is 15.9. The molecule has 3 heterocycles. The van der Waals surface area contributed by atoms with Crippen molar-refractivity contribution >= 4 is 15.9 Å². The monoisotopic (exact) mass is 474 g/mol. The van der Waals surface area contributed by atoms with Crippen molar-refractivity contribution in [2.75, 3.05) is 26.2 Å². The number of benzene rings is 1. The number of carbonyl (C=O) groups is 1. The number of aromatic nitrogens is 1. The van der Waals surface area contributed by atoms with Crippen molar-refractivity contribution in [3.63, 3.8) is 0 Å². The minimum absolute atomic E-state index is 0.00979. The van der Waals surface area contributed by atoms with Crippen molar-refractivity contribution in [2.24, 2.45) is 5.92 Å². The van der Waals surface area contributed by atoms with Crippen LogP contribution in [0.1, 0.15) is 37.7 Å². The van der Waals surface area contributed by atoms with Crippen molar-refractivity contribution < 1.29 is 17.6 Å². The molecule has 7 nitrogen and oxygen atoms in total. The van der Waals surface area contributed by atoms with Crippen LogP contribution in [0, 0.1) is 11.7 Å². The molecule has 1 N–H and O–H groups in total. The lowest BCUT2D eigenvalue weighted by molar-refractivity contribution is -0.129. The van der Waals surface area contributed by atoms with E-state index in [1.54, 1.807) is 12.4 Å². The highest BCUT2D eigenvalue weighted by Crippen LogP contribution is 2.29. The quantitative estimate of drug-likeness (QED) is 0.737. The summed E-state index contributed by atoms with van der Waals surface area (Å²) in [4.78, 5) is 19.4. The Bertz CT molecular complexity index is 1050. The second-order valence-electron chi connectivity index (χ2n) is 8.81. The predicted octanol–water partition coefficient (Wildman–Crippen LogP) is 2.79. The number of pyridine rings is 1. The molecule has 0 saturated carbocycles. The Morgan fingerprint density at radius 1 is 1.06 bits per heavy atom. The number of fused-ring (bicyclic) bond motifs is 1. The molecule has 4 rings (SSSR count). The molecule has 2 aromatic rings. The molecule has 2 atom stereocenters. The first-order valence-corrected chi connectivity index (χ1v) is 13.1. The van der Waals surface area contributed by atoms with Crippen LogP contribution in [0.4, 0.5) is 4.39 Å². The summed E-state index contributed by atoms with van der Waals surface area (Å²) >= 11 is 0. The van der Waals surface area contributed by atoms with Crippen LogP contribution in [-0.4, -0.2) is 60.7 Å².